The Morgan fingerprint density at radius 1 is 0.947 bits per heavy atom. The van der Waals surface area contributed by atoms with Crippen molar-refractivity contribution in [1.29, 1.82) is 0 Å². The van der Waals surface area contributed by atoms with Gasteiger partial charge in [0.1, 0.15) is 0 Å². The number of hydrogen-bond donors (Lipinski definition) is 2. The Labute approximate surface area is 228 Å². The third-order valence-corrected chi connectivity index (χ3v) is 7.38. The van der Waals surface area contributed by atoms with Gasteiger partial charge in [0.2, 0.25) is 0 Å². The zero-order valence-corrected chi connectivity index (χ0v) is 22.2. The molecule has 2 amide bonds. The quantitative estimate of drug-likeness (QED) is 0.442. The van der Waals surface area contributed by atoms with Gasteiger partial charge in [-0.3, -0.25) is 14.5 Å². The maximum absolute atomic E-state index is 13.4. The molecule has 2 N–H and O–H groups in total. The summed E-state index contributed by atoms with van der Waals surface area (Å²) in [6, 6.07) is 22.2. The number of carbonyl (C=O) groups is 2. The van der Waals surface area contributed by atoms with Crippen molar-refractivity contribution >= 4 is 35.2 Å². The van der Waals surface area contributed by atoms with Crippen LogP contribution in [-0.4, -0.2) is 38.0 Å². The number of carbonyl (C=O) groups excluding carboxylic acids is 2. The number of ether oxygens (including phenoxy) is 1. The molecule has 5 rings (SSSR count). The largest absolute Gasteiger partial charge is 0.449 e. The molecular weight excluding hydrogens is 498 g/mol. The summed E-state index contributed by atoms with van der Waals surface area (Å²) >= 11 is 6.04. The molecule has 0 aliphatic carbocycles. The average molecular weight is 531 g/mol. The van der Waals surface area contributed by atoms with Gasteiger partial charge in [-0.05, 0) is 79.3 Å². The molecule has 0 spiro atoms. The standard InChI is InChI=1S/C31H32ClN3O3/c32-26-15-11-24(12-16-26)22-35-27-7-3-4-8-28(27)38-29(31(35)37)21-23-9-13-25(14-10-23)30(36)33-17-20-34-18-5-1-2-6-19-34/h3-4,7-16,21H,1-2,5-6,17-20,22H2,(H,33,36)/p+1. The number of hydrogen-bond acceptors (Lipinski definition) is 3. The molecule has 0 saturated carbocycles. The topological polar surface area (TPSA) is 63.1 Å². The van der Waals surface area contributed by atoms with E-state index >= 15 is 0 Å². The molecule has 38 heavy (non-hydrogen) atoms. The number of para-hydroxylation sites is 2. The van der Waals surface area contributed by atoms with Gasteiger partial charge in [-0.15, -0.1) is 0 Å². The molecule has 2 aliphatic heterocycles. The summed E-state index contributed by atoms with van der Waals surface area (Å²) in [5, 5.41) is 3.70. The van der Waals surface area contributed by atoms with Crippen molar-refractivity contribution < 1.29 is 19.2 Å². The molecule has 0 atom stereocenters. The van der Waals surface area contributed by atoms with Gasteiger partial charge in [-0.2, -0.15) is 0 Å². The van der Waals surface area contributed by atoms with Crippen LogP contribution in [0.1, 0.15) is 47.2 Å². The van der Waals surface area contributed by atoms with Crippen LogP contribution in [0.15, 0.2) is 78.6 Å². The first-order valence-electron chi connectivity index (χ1n) is 13.3. The number of anilines is 1. The van der Waals surface area contributed by atoms with Gasteiger partial charge < -0.3 is 15.0 Å². The smallest absolute Gasteiger partial charge is 0.294 e. The first-order chi connectivity index (χ1) is 18.6. The van der Waals surface area contributed by atoms with E-state index in [1.54, 1.807) is 28.0 Å². The molecule has 7 heteroatoms. The first kappa shape index (κ1) is 26.0. The molecule has 0 bridgehead atoms. The summed E-state index contributed by atoms with van der Waals surface area (Å²) < 4.78 is 6.00. The maximum Gasteiger partial charge on any atom is 0.294 e. The third kappa shape index (κ3) is 6.44. The number of quaternary nitrogens is 1. The lowest BCUT2D eigenvalue weighted by Gasteiger charge is -2.30. The fraction of sp³-hybridized carbons (Fsp3) is 0.290. The lowest BCUT2D eigenvalue weighted by atomic mass is 10.1. The van der Waals surface area contributed by atoms with Gasteiger partial charge >= 0.3 is 0 Å². The normalized spacial score (nSPS) is 17.0. The van der Waals surface area contributed by atoms with E-state index in [-0.39, 0.29) is 17.6 Å². The second kappa shape index (κ2) is 12.3. The van der Waals surface area contributed by atoms with Crippen molar-refractivity contribution in [2.75, 3.05) is 31.1 Å². The van der Waals surface area contributed by atoms with Crippen molar-refractivity contribution in [3.8, 4) is 5.75 Å². The van der Waals surface area contributed by atoms with Crippen LogP contribution >= 0.6 is 11.6 Å². The van der Waals surface area contributed by atoms with E-state index in [1.807, 2.05) is 60.7 Å². The highest BCUT2D eigenvalue weighted by Gasteiger charge is 2.30. The molecule has 6 nitrogen and oxygen atoms in total. The van der Waals surface area contributed by atoms with Crippen LogP contribution in [-0.2, 0) is 11.3 Å². The lowest BCUT2D eigenvalue weighted by Crippen LogP contribution is -3.12. The number of nitrogens with one attached hydrogen (secondary N) is 2. The first-order valence-corrected chi connectivity index (χ1v) is 13.7. The summed E-state index contributed by atoms with van der Waals surface area (Å²) in [7, 11) is 0. The highest BCUT2D eigenvalue weighted by molar-refractivity contribution is 6.30. The van der Waals surface area contributed by atoms with E-state index in [9.17, 15) is 9.59 Å². The van der Waals surface area contributed by atoms with Gasteiger partial charge in [0.15, 0.2) is 11.5 Å². The van der Waals surface area contributed by atoms with Crippen LogP contribution in [0.2, 0.25) is 5.02 Å². The molecule has 0 unspecified atom stereocenters. The predicted molar refractivity (Wildman–Crippen MR) is 150 cm³/mol. The van der Waals surface area contributed by atoms with Gasteiger partial charge in [0.05, 0.1) is 38.4 Å². The van der Waals surface area contributed by atoms with Crippen LogP contribution in [0.3, 0.4) is 0 Å². The number of fused-ring (bicyclic) bond motifs is 1. The van der Waals surface area contributed by atoms with Gasteiger partial charge in [-0.25, -0.2) is 0 Å². The fourth-order valence-electron chi connectivity index (χ4n) is 5.01. The highest BCUT2D eigenvalue weighted by Crippen LogP contribution is 2.36. The van der Waals surface area contributed by atoms with Gasteiger partial charge in [0, 0.05) is 10.6 Å². The molecule has 3 aromatic rings. The Kier molecular flexibility index (Phi) is 8.41. The summed E-state index contributed by atoms with van der Waals surface area (Å²) in [5.41, 5.74) is 3.07. The molecule has 0 radical (unpaired) electrons. The number of benzene rings is 3. The molecule has 0 aromatic heterocycles. The van der Waals surface area contributed by atoms with Gasteiger partial charge in [-0.1, -0.05) is 48.0 Å². The van der Waals surface area contributed by atoms with Crippen molar-refractivity contribution in [1.82, 2.24) is 5.32 Å². The fourth-order valence-corrected chi connectivity index (χ4v) is 5.13. The molecular formula is C31H33ClN3O3+. The maximum atomic E-state index is 13.4. The van der Waals surface area contributed by atoms with Crippen LogP contribution in [0, 0.1) is 0 Å². The Balaban J connectivity index is 1.26. The molecule has 1 saturated heterocycles. The Morgan fingerprint density at radius 2 is 1.66 bits per heavy atom. The third-order valence-electron chi connectivity index (χ3n) is 7.13. The molecule has 3 aromatic carbocycles. The SMILES string of the molecule is O=C(NCC[NH+]1CCCCCC1)c1ccc(C=C2Oc3ccccc3N(Cc3ccc(Cl)cc3)C2=O)cc1. The average Bonchev–Trinajstić information content (AvgIpc) is 3.21. The van der Waals surface area contributed by atoms with E-state index in [2.05, 4.69) is 5.32 Å². The molecule has 1 fully saturated rings. The molecule has 2 heterocycles. The Hall–Kier alpha value is -3.61. The van der Waals surface area contributed by atoms with Crippen LogP contribution in [0.4, 0.5) is 5.69 Å². The van der Waals surface area contributed by atoms with E-state index in [1.165, 1.54) is 38.8 Å². The second-order valence-corrected chi connectivity index (χ2v) is 10.3. The predicted octanol–water partition coefficient (Wildman–Crippen LogP) is 4.50. The number of amides is 2. The van der Waals surface area contributed by atoms with Crippen molar-refractivity contribution in [2.24, 2.45) is 0 Å². The van der Waals surface area contributed by atoms with Crippen molar-refractivity contribution in [3.63, 3.8) is 0 Å². The summed E-state index contributed by atoms with van der Waals surface area (Å²) in [5.74, 6) is 0.549. The van der Waals surface area contributed by atoms with E-state index < -0.39 is 0 Å². The highest BCUT2D eigenvalue weighted by atomic mass is 35.5. The van der Waals surface area contributed by atoms with Crippen LogP contribution in [0.25, 0.3) is 6.08 Å². The number of halogens is 1. The Morgan fingerprint density at radius 3 is 2.39 bits per heavy atom. The zero-order chi connectivity index (χ0) is 26.3. The Bertz CT molecular complexity index is 1300. The van der Waals surface area contributed by atoms with E-state index in [0.717, 1.165) is 23.4 Å². The van der Waals surface area contributed by atoms with Gasteiger partial charge in [0.25, 0.3) is 11.8 Å². The number of rotatable bonds is 7. The number of likely N-dealkylation sites (tertiary alicyclic amines) is 1. The molecule has 2 aliphatic rings. The van der Waals surface area contributed by atoms with Crippen LogP contribution < -0.4 is 19.9 Å². The molecule has 196 valence electrons. The monoisotopic (exact) mass is 530 g/mol. The minimum Gasteiger partial charge on any atom is -0.449 e. The van der Waals surface area contributed by atoms with Crippen molar-refractivity contribution in [3.05, 3.63) is 100 Å². The van der Waals surface area contributed by atoms with E-state index in [4.69, 9.17) is 16.3 Å². The second-order valence-electron chi connectivity index (χ2n) is 9.89. The summed E-state index contributed by atoms with van der Waals surface area (Å²) in [6.45, 7) is 4.42. The van der Waals surface area contributed by atoms with Crippen LogP contribution in [0.5, 0.6) is 5.75 Å². The minimum absolute atomic E-state index is 0.0773. The minimum atomic E-state index is -0.225. The van der Waals surface area contributed by atoms with E-state index in [0.29, 0.717) is 29.4 Å². The summed E-state index contributed by atoms with van der Waals surface area (Å²) in [4.78, 5) is 29.4. The number of nitrogens with zero attached hydrogens (tertiary/aromatic N) is 1. The van der Waals surface area contributed by atoms with Crippen molar-refractivity contribution in [2.45, 2.75) is 32.2 Å². The summed E-state index contributed by atoms with van der Waals surface area (Å²) in [6.07, 6.45) is 6.91. The lowest BCUT2D eigenvalue weighted by molar-refractivity contribution is -0.898. The zero-order valence-electron chi connectivity index (χ0n) is 21.4.